The first-order valence-corrected chi connectivity index (χ1v) is 8.36. The molecule has 136 valence electrons. The van der Waals surface area contributed by atoms with Crippen molar-refractivity contribution < 1.29 is 22.8 Å². The Morgan fingerprint density at radius 1 is 1.08 bits per heavy atom. The number of nitrogens with one attached hydrogen (secondary N) is 2. The number of anilines is 1. The van der Waals surface area contributed by atoms with Crippen molar-refractivity contribution in [1.82, 2.24) is 10.2 Å². The lowest BCUT2D eigenvalue weighted by atomic mass is 9.97. The van der Waals surface area contributed by atoms with Crippen molar-refractivity contribution in [2.45, 2.75) is 37.9 Å². The summed E-state index contributed by atoms with van der Waals surface area (Å²) in [6.45, 7) is 0.938. The van der Waals surface area contributed by atoms with Gasteiger partial charge in [-0.3, -0.25) is 4.79 Å². The molecule has 2 fully saturated rings. The van der Waals surface area contributed by atoms with Gasteiger partial charge in [0, 0.05) is 24.8 Å². The molecule has 3 rings (SSSR count). The van der Waals surface area contributed by atoms with Gasteiger partial charge >= 0.3 is 12.2 Å². The Hall–Kier alpha value is -2.25. The fraction of sp³-hybridized carbons (Fsp3) is 0.529. The van der Waals surface area contributed by atoms with Gasteiger partial charge in [-0.05, 0) is 49.9 Å². The van der Waals surface area contributed by atoms with Crippen LogP contribution in [0.15, 0.2) is 24.3 Å². The van der Waals surface area contributed by atoms with Crippen LogP contribution in [-0.4, -0.2) is 36.0 Å². The van der Waals surface area contributed by atoms with E-state index in [1.165, 1.54) is 12.1 Å². The zero-order chi connectivity index (χ0) is 18.0. The third-order valence-electron chi connectivity index (χ3n) is 4.46. The summed E-state index contributed by atoms with van der Waals surface area (Å²) < 4.78 is 37.7. The second-order valence-electron chi connectivity index (χ2n) is 6.57. The number of carbonyl (C=O) groups is 2. The average molecular weight is 355 g/mol. The highest BCUT2D eigenvalue weighted by Crippen LogP contribution is 2.30. The zero-order valence-corrected chi connectivity index (χ0v) is 13.6. The Labute approximate surface area is 143 Å². The number of nitrogens with zero attached hydrogens (tertiary/aromatic N) is 1. The number of carbonyl (C=O) groups excluding carboxylic acids is 2. The Kier molecular flexibility index (Phi) is 4.87. The number of hydrogen-bond donors (Lipinski definition) is 2. The number of urea groups is 1. The molecule has 1 saturated heterocycles. The Bertz CT molecular complexity index is 642. The highest BCUT2D eigenvalue weighted by atomic mass is 19.4. The fourth-order valence-electron chi connectivity index (χ4n) is 2.86. The van der Waals surface area contributed by atoms with E-state index in [0.717, 1.165) is 31.4 Å². The second-order valence-corrected chi connectivity index (χ2v) is 6.57. The maximum absolute atomic E-state index is 12.6. The molecule has 25 heavy (non-hydrogen) atoms. The van der Waals surface area contributed by atoms with Gasteiger partial charge in [-0.2, -0.15) is 13.2 Å². The summed E-state index contributed by atoms with van der Waals surface area (Å²) in [5.74, 6) is -0.635. The summed E-state index contributed by atoms with van der Waals surface area (Å²) in [5.41, 5.74) is -0.441. The maximum atomic E-state index is 12.6. The predicted octanol–water partition coefficient (Wildman–Crippen LogP) is 3.23. The largest absolute Gasteiger partial charge is 0.416 e. The maximum Gasteiger partial charge on any atom is 0.416 e. The third kappa shape index (κ3) is 4.64. The quantitative estimate of drug-likeness (QED) is 0.875. The van der Waals surface area contributed by atoms with Crippen LogP contribution in [0.1, 0.15) is 31.2 Å². The van der Waals surface area contributed by atoms with Gasteiger partial charge in [-0.1, -0.05) is 0 Å². The summed E-state index contributed by atoms with van der Waals surface area (Å²) in [6, 6.07) is 4.46. The normalized spacial score (nSPS) is 20.9. The van der Waals surface area contributed by atoms with E-state index in [2.05, 4.69) is 10.6 Å². The first-order valence-electron chi connectivity index (χ1n) is 8.36. The lowest BCUT2D eigenvalue weighted by molar-refractivity contribution is -0.137. The summed E-state index contributed by atoms with van der Waals surface area (Å²) >= 11 is 0. The van der Waals surface area contributed by atoms with Crippen LogP contribution in [0.4, 0.5) is 23.7 Å². The van der Waals surface area contributed by atoms with E-state index in [-0.39, 0.29) is 23.9 Å². The molecular formula is C17H20F3N3O2. The van der Waals surface area contributed by atoms with Crippen molar-refractivity contribution in [3.63, 3.8) is 0 Å². The Balaban J connectivity index is 1.55. The van der Waals surface area contributed by atoms with Crippen molar-refractivity contribution in [2.24, 2.45) is 5.92 Å². The first-order chi connectivity index (χ1) is 11.8. The van der Waals surface area contributed by atoms with Crippen LogP contribution in [0.25, 0.3) is 0 Å². The Morgan fingerprint density at radius 2 is 1.76 bits per heavy atom. The first kappa shape index (κ1) is 17.6. The molecule has 3 amide bonds. The summed E-state index contributed by atoms with van der Waals surface area (Å²) in [6.07, 6.45) is -1.03. The zero-order valence-electron chi connectivity index (χ0n) is 13.6. The summed E-state index contributed by atoms with van der Waals surface area (Å²) in [5, 5.41) is 5.54. The number of rotatable bonds is 3. The van der Waals surface area contributed by atoms with Gasteiger partial charge < -0.3 is 15.5 Å². The molecule has 1 atom stereocenters. The lowest BCUT2D eigenvalue weighted by Crippen LogP contribution is -2.48. The van der Waals surface area contributed by atoms with Gasteiger partial charge in [-0.15, -0.1) is 0 Å². The molecule has 1 unspecified atom stereocenters. The van der Waals surface area contributed by atoms with E-state index < -0.39 is 11.7 Å². The van der Waals surface area contributed by atoms with E-state index in [1.807, 2.05) is 0 Å². The number of piperidine rings is 1. The SMILES string of the molecule is O=C(Nc1ccc(C(F)(F)F)cc1)C1CCCN(C(=O)NC2CC2)C1. The van der Waals surface area contributed by atoms with Gasteiger partial charge in [-0.25, -0.2) is 4.79 Å². The fourth-order valence-corrected chi connectivity index (χ4v) is 2.86. The van der Waals surface area contributed by atoms with Crippen LogP contribution in [0.2, 0.25) is 0 Å². The highest BCUT2D eigenvalue weighted by molar-refractivity contribution is 5.93. The van der Waals surface area contributed by atoms with E-state index in [4.69, 9.17) is 0 Å². The number of likely N-dealkylation sites (tertiary alicyclic amines) is 1. The van der Waals surface area contributed by atoms with Gasteiger partial charge in [0.1, 0.15) is 0 Å². The van der Waals surface area contributed by atoms with Gasteiger partial charge in [0.2, 0.25) is 5.91 Å². The van der Waals surface area contributed by atoms with Crippen LogP contribution in [-0.2, 0) is 11.0 Å². The molecule has 1 aliphatic carbocycles. The van der Waals surface area contributed by atoms with Crippen LogP contribution < -0.4 is 10.6 Å². The molecule has 0 radical (unpaired) electrons. The summed E-state index contributed by atoms with van der Waals surface area (Å²) in [7, 11) is 0. The molecule has 2 N–H and O–H groups in total. The van der Waals surface area contributed by atoms with Crippen LogP contribution in [0.3, 0.4) is 0 Å². The standard InChI is InChI=1S/C17H20F3N3O2/c18-17(19,20)12-3-5-13(6-4-12)21-15(24)11-2-1-9-23(10-11)16(25)22-14-7-8-14/h3-6,11,14H,1-2,7-10H2,(H,21,24)(H,22,25). The molecular weight excluding hydrogens is 335 g/mol. The van der Waals surface area contributed by atoms with Gasteiger partial charge in [0.25, 0.3) is 0 Å². The number of amides is 3. The van der Waals surface area contributed by atoms with Crippen LogP contribution in [0, 0.1) is 5.92 Å². The topological polar surface area (TPSA) is 61.4 Å². The van der Waals surface area contributed by atoms with Crippen LogP contribution in [0.5, 0.6) is 0 Å². The van der Waals surface area contributed by atoms with Crippen LogP contribution >= 0.6 is 0 Å². The highest BCUT2D eigenvalue weighted by Gasteiger charge is 2.32. The molecule has 0 bridgehead atoms. The van der Waals surface area contributed by atoms with Gasteiger partial charge in [0.15, 0.2) is 0 Å². The number of benzene rings is 1. The van der Waals surface area contributed by atoms with E-state index in [1.54, 1.807) is 4.90 Å². The van der Waals surface area contributed by atoms with Crippen molar-refractivity contribution in [3.8, 4) is 0 Å². The average Bonchev–Trinajstić information content (AvgIpc) is 3.38. The van der Waals surface area contributed by atoms with E-state index in [9.17, 15) is 22.8 Å². The van der Waals surface area contributed by atoms with Crippen molar-refractivity contribution >= 4 is 17.6 Å². The number of hydrogen-bond acceptors (Lipinski definition) is 2. The second kappa shape index (κ2) is 6.93. The monoisotopic (exact) mass is 355 g/mol. The van der Waals surface area contributed by atoms with E-state index >= 15 is 0 Å². The molecule has 0 aromatic heterocycles. The molecule has 1 aliphatic heterocycles. The van der Waals surface area contributed by atoms with Crippen molar-refractivity contribution in [3.05, 3.63) is 29.8 Å². The minimum atomic E-state index is -4.40. The molecule has 1 aromatic rings. The predicted molar refractivity (Wildman–Crippen MR) is 85.9 cm³/mol. The minimum absolute atomic E-state index is 0.144. The molecule has 2 aliphatic rings. The van der Waals surface area contributed by atoms with Gasteiger partial charge in [0.05, 0.1) is 11.5 Å². The minimum Gasteiger partial charge on any atom is -0.335 e. The molecule has 0 spiro atoms. The summed E-state index contributed by atoms with van der Waals surface area (Å²) in [4.78, 5) is 26.1. The molecule has 5 nitrogen and oxygen atoms in total. The number of alkyl halides is 3. The Morgan fingerprint density at radius 3 is 2.36 bits per heavy atom. The molecule has 1 aromatic carbocycles. The molecule has 1 heterocycles. The van der Waals surface area contributed by atoms with E-state index in [0.29, 0.717) is 25.2 Å². The third-order valence-corrected chi connectivity index (χ3v) is 4.46. The van der Waals surface area contributed by atoms with Crippen molar-refractivity contribution in [1.29, 1.82) is 0 Å². The molecule has 1 saturated carbocycles. The lowest BCUT2D eigenvalue weighted by Gasteiger charge is -2.32. The number of halogens is 3. The van der Waals surface area contributed by atoms with Crippen molar-refractivity contribution in [2.75, 3.05) is 18.4 Å². The molecule has 8 heteroatoms. The smallest absolute Gasteiger partial charge is 0.335 e.